The SMILES string of the molecule is CC(C)c1ccnc(-c2[c-]ccc3c2oc2c[c]([Ge]([CH3])([CH3])[CH3])ccc23)c1.C[Si](C)(C)c1ccc(-c2[c-]cc3c(ccc4ccccc43)c2)nc1.[Ir]. The second kappa shape index (κ2) is 14.6. The first kappa shape index (κ1) is 36.9. The van der Waals surface area contributed by atoms with E-state index in [1.165, 1.54) is 42.1 Å². The van der Waals surface area contributed by atoms with Gasteiger partial charge < -0.3 is 4.98 Å². The quantitative estimate of drug-likeness (QED) is 0.0981. The van der Waals surface area contributed by atoms with E-state index >= 15 is 0 Å². The molecule has 5 aromatic carbocycles. The van der Waals surface area contributed by atoms with Gasteiger partial charge in [0.05, 0.1) is 8.07 Å². The van der Waals surface area contributed by atoms with E-state index in [2.05, 4.69) is 170 Å². The summed E-state index contributed by atoms with van der Waals surface area (Å²) in [5, 5.41) is 8.72. The monoisotopic (exact) mass is 923 g/mol. The van der Waals surface area contributed by atoms with E-state index in [0.717, 1.165) is 39.1 Å². The molecular weight excluding hydrogens is 877 g/mol. The molecule has 8 rings (SSSR count). The third kappa shape index (κ3) is 7.68. The topological polar surface area (TPSA) is 38.9 Å². The number of benzene rings is 5. The van der Waals surface area contributed by atoms with Crippen LogP contribution in [0.5, 0.6) is 0 Å². The number of furan rings is 1. The van der Waals surface area contributed by atoms with E-state index in [1.807, 2.05) is 18.5 Å². The first-order chi connectivity index (χ1) is 23.9. The molecule has 0 spiro atoms. The first-order valence-corrected chi connectivity index (χ1v) is 28.3. The molecule has 0 bridgehead atoms. The van der Waals surface area contributed by atoms with Crippen molar-refractivity contribution in [2.45, 2.75) is 56.7 Å². The van der Waals surface area contributed by atoms with Gasteiger partial charge in [-0.2, -0.15) is 0 Å². The fourth-order valence-electron chi connectivity index (χ4n) is 6.43. The maximum atomic E-state index is 6.33. The van der Waals surface area contributed by atoms with Gasteiger partial charge >= 0.3 is 158 Å². The van der Waals surface area contributed by atoms with Gasteiger partial charge in [-0.15, -0.1) is 29.1 Å². The predicted molar refractivity (Wildman–Crippen MR) is 219 cm³/mol. The minimum Gasteiger partial charge on any atom is -0.305 e. The summed E-state index contributed by atoms with van der Waals surface area (Å²) in [6.07, 6.45) is 3.92. The number of rotatable bonds is 5. The molecule has 1 radical (unpaired) electrons. The molecule has 3 nitrogen and oxygen atoms in total. The molecule has 6 heteroatoms. The second-order valence-electron chi connectivity index (χ2n) is 15.6. The Morgan fingerprint density at radius 2 is 1.49 bits per heavy atom. The van der Waals surface area contributed by atoms with E-state index in [1.54, 1.807) is 0 Å². The van der Waals surface area contributed by atoms with Crippen molar-refractivity contribution in [3.63, 3.8) is 0 Å². The standard InChI is InChI=1S/C23H24GeNO.C22H20NSi.Ir/c1-15(2)16-11-12-25-21(13-16)20-8-6-7-19-18-10-9-17(24(3,4)5)14-22(18)26-23(19)20;1-24(2,3)19-11-13-22(23-15-19)18-10-12-21-17(14-18)9-8-16-6-4-5-7-20(16)21;/h6-7,9-15H,1-5H3;4-9,11-15H,1-3H3;/q2*-1;. The van der Waals surface area contributed by atoms with Crippen LogP contribution in [0.2, 0.25) is 36.9 Å². The van der Waals surface area contributed by atoms with Crippen LogP contribution in [0.25, 0.3) is 66.0 Å². The Balaban J connectivity index is 0.000000173. The third-order valence-corrected chi connectivity index (χ3v) is 15.9. The molecule has 0 aliphatic carbocycles. The summed E-state index contributed by atoms with van der Waals surface area (Å²) in [6, 6.07) is 43.3. The molecule has 0 aliphatic heterocycles. The molecule has 0 aliphatic rings. The fourth-order valence-corrected chi connectivity index (χ4v) is 9.87. The van der Waals surface area contributed by atoms with E-state index in [4.69, 9.17) is 4.42 Å². The maximum Gasteiger partial charge on any atom is 0.0795 e. The number of aromatic nitrogens is 2. The van der Waals surface area contributed by atoms with Gasteiger partial charge in [0, 0.05) is 26.3 Å². The van der Waals surface area contributed by atoms with Crippen LogP contribution < -0.4 is 9.58 Å². The van der Waals surface area contributed by atoms with Crippen LogP contribution in [0.3, 0.4) is 0 Å². The second-order valence-corrected chi connectivity index (χ2v) is 31.3. The molecule has 51 heavy (non-hydrogen) atoms. The first-order valence-electron chi connectivity index (χ1n) is 17.5. The summed E-state index contributed by atoms with van der Waals surface area (Å²) in [7, 11) is -1.30. The van der Waals surface area contributed by atoms with Gasteiger partial charge in [0.25, 0.3) is 0 Å². The van der Waals surface area contributed by atoms with E-state index < -0.39 is 21.3 Å². The van der Waals surface area contributed by atoms with Crippen molar-refractivity contribution in [3.8, 4) is 22.5 Å². The molecule has 8 aromatic rings. The molecule has 3 heterocycles. The van der Waals surface area contributed by atoms with Gasteiger partial charge in [-0.1, -0.05) is 78.9 Å². The van der Waals surface area contributed by atoms with Crippen molar-refractivity contribution in [3.05, 3.63) is 133 Å². The average Bonchev–Trinajstić information content (AvgIpc) is 3.49. The smallest absolute Gasteiger partial charge is 0.0795 e. The number of hydrogen-bond donors (Lipinski definition) is 0. The van der Waals surface area contributed by atoms with Gasteiger partial charge in [-0.05, 0) is 16.3 Å². The Labute approximate surface area is 319 Å². The van der Waals surface area contributed by atoms with Crippen LogP contribution in [0.1, 0.15) is 25.3 Å². The molecule has 0 N–H and O–H groups in total. The van der Waals surface area contributed by atoms with Crippen molar-refractivity contribution >= 4 is 74.4 Å². The number of pyridine rings is 2. The zero-order valence-corrected chi connectivity index (χ0v) is 36.2. The molecule has 3 aromatic heterocycles. The van der Waals surface area contributed by atoms with Crippen LogP contribution >= 0.6 is 0 Å². The van der Waals surface area contributed by atoms with Gasteiger partial charge in [-0.25, -0.2) is 0 Å². The van der Waals surface area contributed by atoms with E-state index in [9.17, 15) is 0 Å². The van der Waals surface area contributed by atoms with Crippen LogP contribution in [0, 0.1) is 12.1 Å². The number of nitrogens with zero attached hydrogens (tertiary/aromatic N) is 2. The van der Waals surface area contributed by atoms with Crippen molar-refractivity contribution < 1.29 is 24.5 Å². The minimum absolute atomic E-state index is 0. The van der Waals surface area contributed by atoms with Crippen molar-refractivity contribution in [1.29, 1.82) is 0 Å². The van der Waals surface area contributed by atoms with Crippen LogP contribution in [-0.2, 0) is 20.1 Å². The molecule has 0 saturated carbocycles. The summed E-state index contributed by atoms with van der Waals surface area (Å²) in [6.45, 7) is 11.4. The normalized spacial score (nSPS) is 11.9. The molecule has 259 valence electrons. The molecular formula is C45H44GeIrN2OSi-2. The average molecular weight is 922 g/mol. The van der Waals surface area contributed by atoms with Gasteiger partial charge in [0.1, 0.15) is 0 Å². The van der Waals surface area contributed by atoms with E-state index in [-0.39, 0.29) is 20.1 Å². The number of hydrogen-bond acceptors (Lipinski definition) is 3. The molecule has 0 amide bonds. The van der Waals surface area contributed by atoms with Crippen LogP contribution in [0.4, 0.5) is 0 Å². The zero-order chi connectivity index (χ0) is 35.2. The largest absolute Gasteiger partial charge is 0.305 e. The van der Waals surface area contributed by atoms with Gasteiger partial charge in [0.2, 0.25) is 0 Å². The number of fused-ring (bicyclic) bond motifs is 6. The predicted octanol–water partition coefficient (Wildman–Crippen LogP) is 11.5. The van der Waals surface area contributed by atoms with Crippen molar-refractivity contribution in [1.82, 2.24) is 9.97 Å². The summed E-state index contributed by atoms with van der Waals surface area (Å²) in [5.41, 5.74) is 7.05. The summed E-state index contributed by atoms with van der Waals surface area (Å²) >= 11 is -1.89. The van der Waals surface area contributed by atoms with Gasteiger partial charge in [0.15, 0.2) is 0 Å². The van der Waals surface area contributed by atoms with E-state index in [0.29, 0.717) is 5.92 Å². The minimum atomic E-state index is -1.89. The molecule has 0 fully saturated rings. The Hall–Kier alpha value is -3.87. The molecule has 0 unspecified atom stereocenters. The third-order valence-electron chi connectivity index (χ3n) is 9.59. The fraction of sp³-hybridized carbons (Fsp3) is 0.200. The zero-order valence-electron chi connectivity index (χ0n) is 30.7. The Morgan fingerprint density at radius 1 is 0.706 bits per heavy atom. The Bertz CT molecular complexity index is 2490. The Kier molecular flexibility index (Phi) is 10.6. The van der Waals surface area contributed by atoms with Gasteiger partial charge in [-0.3, -0.25) is 0 Å². The summed E-state index contributed by atoms with van der Waals surface area (Å²) in [5.74, 6) is 7.69. The summed E-state index contributed by atoms with van der Waals surface area (Å²) < 4.78 is 7.79. The maximum absolute atomic E-state index is 6.33. The molecule has 0 atom stereocenters. The molecule has 0 saturated heterocycles. The van der Waals surface area contributed by atoms with Crippen LogP contribution in [0.15, 0.2) is 120 Å². The van der Waals surface area contributed by atoms with Crippen LogP contribution in [-0.4, -0.2) is 31.3 Å². The Morgan fingerprint density at radius 3 is 2.22 bits per heavy atom. The summed E-state index contributed by atoms with van der Waals surface area (Å²) in [4.78, 5) is 9.28. The van der Waals surface area contributed by atoms with Crippen molar-refractivity contribution in [2.75, 3.05) is 0 Å². The van der Waals surface area contributed by atoms with Crippen molar-refractivity contribution in [2.24, 2.45) is 0 Å².